The molecule has 0 aromatic heterocycles. The average Bonchev–Trinajstić information content (AvgIpc) is 2.28. The Morgan fingerprint density at radius 3 is 2.89 bits per heavy atom. The van der Waals surface area contributed by atoms with Gasteiger partial charge < -0.3 is 10.1 Å². The number of hydrogen-bond donors (Lipinski definition) is 1. The van der Waals surface area contributed by atoms with Gasteiger partial charge in [0.1, 0.15) is 6.10 Å². The minimum atomic E-state index is -0.416. The van der Waals surface area contributed by atoms with Crippen molar-refractivity contribution in [2.45, 2.75) is 31.9 Å². The van der Waals surface area contributed by atoms with Crippen LogP contribution in [0.15, 0.2) is 22.7 Å². The van der Waals surface area contributed by atoms with Crippen LogP contribution in [0.3, 0.4) is 0 Å². The first-order valence-electron chi connectivity index (χ1n) is 5.94. The molecule has 0 heterocycles. The van der Waals surface area contributed by atoms with Crippen molar-refractivity contribution in [2.24, 2.45) is 0 Å². The number of halogens is 1. The Morgan fingerprint density at radius 2 is 2.28 bits per heavy atom. The summed E-state index contributed by atoms with van der Waals surface area (Å²) in [5, 5.41) is 14.2. The van der Waals surface area contributed by atoms with Gasteiger partial charge in [-0.2, -0.15) is 0 Å². The van der Waals surface area contributed by atoms with Crippen LogP contribution in [0.5, 0.6) is 5.75 Å². The van der Waals surface area contributed by atoms with Gasteiger partial charge in [0.2, 0.25) is 5.75 Å². The molecule has 5 nitrogen and oxygen atoms in total. The second-order valence-corrected chi connectivity index (χ2v) is 5.17. The summed E-state index contributed by atoms with van der Waals surface area (Å²) in [6, 6.07) is 5.32. The molecular formula is C12H15BrN2O3. The van der Waals surface area contributed by atoms with E-state index in [1.807, 2.05) is 0 Å². The van der Waals surface area contributed by atoms with Crippen LogP contribution in [0.4, 0.5) is 5.69 Å². The van der Waals surface area contributed by atoms with E-state index in [1.165, 1.54) is 6.07 Å². The number of rotatable bonds is 5. The molecule has 0 unspecified atom stereocenters. The zero-order valence-corrected chi connectivity index (χ0v) is 11.6. The van der Waals surface area contributed by atoms with Crippen molar-refractivity contribution in [3.05, 3.63) is 32.8 Å². The fourth-order valence-electron chi connectivity index (χ4n) is 2.04. The summed E-state index contributed by atoms with van der Waals surface area (Å²) < 4.78 is 6.35. The summed E-state index contributed by atoms with van der Waals surface area (Å²) in [5.74, 6) is 0.336. The smallest absolute Gasteiger partial charge is 0.312 e. The second kappa shape index (κ2) is 5.67. The molecule has 1 aliphatic carbocycles. The molecular weight excluding hydrogens is 300 g/mol. The van der Waals surface area contributed by atoms with Crippen LogP contribution in [0.2, 0.25) is 0 Å². The number of nitro benzene ring substituents is 1. The average molecular weight is 315 g/mol. The molecule has 0 aliphatic heterocycles. The highest BCUT2D eigenvalue weighted by Crippen LogP contribution is 2.38. The van der Waals surface area contributed by atoms with Crippen molar-refractivity contribution in [2.75, 3.05) is 6.54 Å². The topological polar surface area (TPSA) is 64.4 Å². The Balaban J connectivity index is 2.04. The van der Waals surface area contributed by atoms with E-state index in [9.17, 15) is 10.1 Å². The van der Waals surface area contributed by atoms with Gasteiger partial charge in [-0.25, -0.2) is 0 Å². The number of hydrogen-bond acceptors (Lipinski definition) is 4. The molecule has 18 heavy (non-hydrogen) atoms. The minimum absolute atomic E-state index is 0.0104. The molecule has 2 rings (SSSR count). The standard InChI is InChI=1S/C12H15BrN2O3/c1-2-14-8-6-9(7-8)18-12-10(13)4-3-5-11(12)15(16)17/h3-5,8-9,14H,2,6-7H2,1H3. The van der Waals surface area contributed by atoms with Crippen LogP contribution in [-0.4, -0.2) is 23.6 Å². The molecule has 1 N–H and O–H groups in total. The summed E-state index contributed by atoms with van der Waals surface area (Å²) in [6.07, 6.45) is 1.85. The van der Waals surface area contributed by atoms with Crippen molar-refractivity contribution < 1.29 is 9.66 Å². The van der Waals surface area contributed by atoms with E-state index in [0.29, 0.717) is 16.3 Å². The number of nitro groups is 1. The second-order valence-electron chi connectivity index (χ2n) is 4.31. The lowest BCUT2D eigenvalue weighted by Gasteiger charge is -2.35. The Labute approximate surface area is 114 Å². The van der Waals surface area contributed by atoms with E-state index >= 15 is 0 Å². The van der Waals surface area contributed by atoms with Crippen LogP contribution >= 0.6 is 15.9 Å². The Bertz CT molecular complexity index is 447. The van der Waals surface area contributed by atoms with Gasteiger partial charge in [-0.3, -0.25) is 10.1 Å². The van der Waals surface area contributed by atoms with Gasteiger partial charge in [-0.15, -0.1) is 0 Å². The predicted octanol–water partition coefficient (Wildman–Crippen LogP) is 2.88. The number of nitrogens with one attached hydrogen (secondary N) is 1. The van der Waals surface area contributed by atoms with Crippen molar-refractivity contribution in [1.82, 2.24) is 5.32 Å². The highest BCUT2D eigenvalue weighted by molar-refractivity contribution is 9.10. The zero-order chi connectivity index (χ0) is 13.1. The van der Waals surface area contributed by atoms with Gasteiger partial charge in [0.25, 0.3) is 0 Å². The largest absolute Gasteiger partial charge is 0.483 e. The molecule has 1 saturated carbocycles. The van der Waals surface area contributed by atoms with E-state index in [1.54, 1.807) is 12.1 Å². The van der Waals surface area contributed by atoms with E-state index in [4.69, 9.17) is 4.74 Å². The van der Waals surface area contributed by atoms with Crippen LogP contribution in [0, 0.1) is 10.1 Å². The van der Waals surface area contributed by atoms with Crippen LogP contribution in [-0.2, 0) is 0 Å². The monoisotopic (exact) mass is 314 g/mol. The lowest BCUT2D eigenvalue weighted by molar-refractivity contribution is -0.386. The first kappa shape index (κ1) is 13.3. The third kappa shape index (κ3) is 2.81. The lowest BCUT2D eigenvalue weighted by Crippen LogP contribution is -2.46. The number of nitrogens with zero attached hydrogens (tertiary/aromatic N) is 1. The molecule has 0 spiro atoms. The normalized spacial score (nSPS) is 22.3. The predicted molar refractivity (Wildman–Crippen MR) is 71.9 cm³/mol. The summed E-state index contributed by atoms with van der Waals surface area (Å²) in [4.78, 5) is 10.5. The fourth-order valence-corrected chi connectivity index (χ4v) is 2.49. The Morgan fingerprint density at radius 1 is 1.56 bits per heavy atom. The van der Waals surface area contributed by atoms with Crippen LogP contribution in [0.25, 0.3) is 0 Å². The number of para-hydroxylation sites is 1. The molecule has 0 saturated heterocycles. The van der Waals surface area contributed by atoms with Gasteiger partial charge in [0, 0.05) is 12.1 Å². The maximum Gasteiger partial charge on any atom is 0.312 e. The van der Waals surface area contributed by atoms with Crippen molar-refractivity contribution >= 4 is 21.6 Å². The van der Waals surface area contributed by atoms with Crippen molar-refractivity contribution in [3.63, 3.8) is 0 Å². The van der Waals surface area contributed by atoms with E-state index < -0.39 is 4.92 Å². The van der Waals surface area contributed by atoms with Gasteiger partial charge in [-0.1, -0.05) is 13.0 Å². The van der Waals surface area contributed by atoms with Crippen LogP contribution < -0.4 is 10.1 Å². The molecule has 1 aromatic carbocycles. The summed E-state index contributed by atoms with van der Waals surface area (Å²) in [6.45, 7) is 3.00. The van der Waals surface area contributed by atoms with Gasteiger partial charge in [0.15, 0.2) is 0 Å². The SMILES string of the molecule is CCNC1CC(Oc2c(Br)cccc2[N+](=O)[O-])C1. The minimum Gasteiger partial charge on any atom is -0.483 e. The van der Waals surface area contributed by atoms with Gasteiger partial charge >= 0.3 is 5.69 Å². The maximum atomic E-state index is 10.9. The van der Waals surface area contributed by atoms with E-state index in [0.717, 1.165) is 19.4 Å². The molecule has 1 aliphatic rings. The molecule has 0 bridgehead atoms. The summed E-state index contributed by atoms with van der Waals surface area (Å²) in [7, 11) is 0. The maximum absolute atomic E-state index is 10.9. The highest BCUT2D eigenvalue weighted by Gasteiger charge is 2.32. The van der Waals surface area contributed by atoms with Gasteiger partial charge in [-0.05, 0) is 41.4 Å². The Kier molecular flexibility index (Phi) is 4.19. The molecule has 0 radical (unpaired) electrons. The van der Waals surface area contributed by atoms with Crippen molar-refractivity contribution in [3.8, 4) is 5.75 Å². The Hall–Kier alpha value is -1.14. The molecule has 0 atom stereocenters. The quantitative estimate of drug-likeness (QED) is 0.670. The van der Waals surface area contributed by atoms with E-state index in [2.05, 4.69) is 28.2 Å². The zero-order valence-electron chi connectivity index (χ0n) is 10.1. The number of benzene rings is 1. The van der Waals surface area contributed by atoms with Crippen LogP contribution in [0.1, 0.15) is 19.8 Å². The van der Waals surface area contributed by atoms with Gasteiger partial charge in [0.05, 0.1) is 9.40 Å². The summed E-state index contributed by atoms with van der Waals surface area (Å²) >= 11 is 3.30. The van der Waals surface area contributed by atoms with E-state index in [-0.39, 0.29) is 11.8 Å². The molecule has 1 aromatic rings. The molecule has 6 heteroatoms. The lowest BCUT2D eigenvalue weighted by atomic mass is 9.89. The number of ether oxygens (including phenoxy) is 1. The summed E-state index contributed by atoms with van der Waals surface area (Å²) in [5.41, 5.74) is 0.0104. The first-order valence-corrected chi connectivity index (χ1v) is 6.74. The molecule has 1 fully saturated rings. The first-order chi connectivity index (χ1) is 8.61. The third-order valence-corrected chi connectivity index (χ3v) is 3.64. The molecule has 98 valence electrons. The molecule has 0 amide bonds. The fraction of sp³-hybridized carbons (Fsp3) is 0.500. The third-order valence-electron chi connectivity index (χ3n) is 3.02. The highest BCUT2D eigenvalue weighted by atomic mass is 79.9. The van der Waals surface area contributed by atoms with Crippen molar-refractivity contribution in [1.29, 1.82) is 0 Å².